The van der Waals surface area contributed by atoms with E-state index in [4.69, 9.17) is 4.18 Å². The minimum atomic E-state index is -3.92. The lowest BCUT2D eigenvalue weighted by Crippen LogP contribution is -2.20. The van der Waals surface area contributed by atoms with Crippen molar-refractivity contribution in [3.63, 3.8) is 0 Å². The summed E-state index contributed by atoms with van der Waals surface area (Å²) in [5.74, 6) is 0.304. The van der Waals surface area contributed by atoms with Crippen LogP contribution in [0.5, 0.6) is 5.75 Å². The first-order valence-electron chi connectivity index (χ1n) is 7.30. The first-order valence-corrected chi connectivity index (χ1v) is 8.71. The summed E-state index contributed by atoms with van der Waals surface area (Å²) < 4.78 is 30.4. The summed E-state index contributed by atoms with van der Waals surface area (Å²) in [6.45, 7) is 3.61. The third-order valence-electron chi connectivity index (χ3n) is 3.86. The minimum Gasteiger partial charge on any atom is -0.378 e. The van der Waals surface area contributed by atoms with E-state index in [0.717, 1.165) is 16.7 Å². The molecule has 2 aromatic rings. The second-order valence-electron chi connectivity index (χ2n) is 5.63. The number of hydrogen-bond donors (Lipinski definition) is 1. The van der Waals surface area contributed by atoms with Gasteiger partial charge in [-0.05, 0) is 55.2 Å². The van der Waals surface area contributed by atoms with Gasteiger partial charge < -0.3 is 9.50 Å². The lowest BCUT2D eigenvalue weighted by atomic mass is 10.0. The highest BCUT2D eigenvalue weighted by atomic mass is 32.2. The van der Waals surface area contributed by atoms with E-state index in [1.807, 2.05) is 6.07 Å². The number of amides is 1. The summed E-state index contributed by atoms with van der Waals surface area (Å²) in [5, 5.41) is 2.73. The Kier molecular flexibility index (Phi) is 3.85. The van der Waals surface area contributed by atoms with Crippen molar-refractivity contribution in [2.75, 3.05) is 5.32 Å². The first-order chi connectivity index (χ1) is 10.9. The predicted molar refractivity (Wildman–Crippen MR) is 87.1 cm³/mol. The topological polar surface area (TPSA) is 72.5 Å². The molecule has 120 valence electrons. The minimum absolute atomic E-state index is 0.0557. The SMILES string of the molecule is Cc1cccc(C)c1OS(=O)(=O)c1ccc2c(c1)CCC(=O)N2. The Balaban J connectivity index is 1.96. The fraction of sp³-hybridized carbons (Fsp3) is 0.235. The average Bonchev–Trinajstić information content (AvgIpc) is 2.50. The van der Waals surface area contributed by atoms with Crippen LogP contribution < -0.4 is 9.50 Å². The Hall–Kier alpha value is -2.34. The smallest absolute Gasteiger partial charge is 0.339 e. The van der Waals surface area contributed by atoms with Gasteiger partial charge in [0.25, 0.3) is 0 Å². The largest absolute Gasteiger partial charge is 0.378 e. The number of fused-ring (bicyclic) bond motifs is 1. The van der Waals surface area contributed by atoms with E-state index in [2.05, 4.69) is 5.32 Å². The van der Waals surface area contributed by atoms with E-state index in [1.54, 1.807) is 38.1 Å². The summed E-state index contributed by atoms with van der Waals surface area (Å²) in [7, 11) is -3.92. The summed E-state index contributed by atoms with van der Waals surface area (Å²) in [6.07, 6.45) is 0.877. The normalized spacial score (nSPS) is 14.1. The molecule has 0 aromatic heterocycles. The Morgan fingerprint density at radius 1 is 1.04 bits per heavy atom. The zero-order chi connectivity index (χ0) is 16.6. The molecule has 23 heavy (non-hydrogen) atoms. The number of para-hydroxylation sites is 1. The van der Waals surface area contributed by atoms with Gasteiger partial charge in [0.2, 0.25) is 5.91 Å². The number of anilines is 1. The van der Waals surface area contributed by atoms with Crippen molar-refractivity contribution in [2.24, 2.45) is 0 Å². The van der Waals surface area contributed by atoms with Crippen molar-refractivity contribution in [3.8, 4) is 5.75 Å². The van der Waals surface area contributed by atoms with Crippen LogP contribution in [0.25, 0.3) is 0 Å². The van der Waals surface area contributed by atoms with Crippen LogP contribution in [-0.2, 0) is 21.3 Å². The van der Waals surface area contributed by atoms with Crippen molar-refractivity contribution in [1.82, 2.24) is 0 Å². The van der Waals surface area contributed by atoms with Crippen LogP contribution in [0.3, 0.4) is 0 Å². The molecule has 5 nitrogen and oxygen atoms in total. The van der Waals surface area contributed by atoms with E-state index < -0.39 is 10.1 Å². The molecular weight excluding hydrogens is 314 g/mol. The molecule has 0 unspecified atom stereocenters. The van der Waals surface area contributed by atoms with Crippen LogP contribution in [0.2, 0.25) is 0 Å². The molecule has 0 saturated carbocycles. The van der Waals surface area contributed by atoms with Crippen molar-refractivity contribution < 1.29 is 17.4 Å². The fourth-order valence-corrected chi connectivity index (χ4v) is 3.70. The summed E-state index contributed by atoms with van der Waals surface area (Å²) >= 11 is 0. The zero-order valence-corrected chi connectivity index (χ0v) is 13.7. The van der Waals surface area contributed by atoms with E-state index in [0.29, 0.717) is 24.3 Å². The lowest BCUT2D eigenvalue weighted by molar-refractivity contribution is -0.116. The van der Waals surface area contributed by atoms with Crippen LogP contribution >= 0.6 is 0 Å². The third kappa shape index (κ3) is 3.07. The summed E-state index contributed by atoms with van der Waals surface area (Å²) in [4.78, 5) is 11.5. The van der Waals surface area contributed by atoms with Crippen LogP contribution in [0.15, 0.2) is 41.3 Å². The number of carbonyl (C=O) groups is 1. The molecule has 1 aliphatic rings. The van der Waals surface area contributed by atoms with E-state index in [9.17, 15) is 13.2 Å². The van der Waals surface area contributed by atoms with E-state index in [-0.39, 0.29) is 10.8 Å². The van der Waals surface area contributed by atoms with Crippen LogP contribution in [-0.4, -0.2) is 14.3 Å². The molecule has 0 bridgehead atoms. The van der Waals surface area contributed by atoms with Crippen molar-refractivity contribution in [1.29, 1.82) is 0 Å². The zero-order valence-electron chi connectivity index (χ0n) is 12.9. The van der Waals surface area contributed by atoms with Crippen LogP contribution in [0, 0.1) is 13.8 Å². The summed E-state index contributed by atoms with van der Waals surface area (Å²) in [5.41, 5.74) is 2.99. The third-order valence-corrected chi connectivity index (χ3v) is 5.08. The Bertz CT molecular complexity index is 867. The molecule has 3 rings (SSSR count). The lowest BCUT2D eigenvalue weighted by Gasteiger charge is -2.18. The molecule has 0 radical (unpaired) electrons. The number of hydrogen-bond acceptors (Lipinski definition) is 4. The maximum atomic E-state index is 12.5. The molecule has 0 saturated heterocycles. The van der Waals surface area contributed by atoms with Gasteiger partial charge in [0.05, 0.1) is 0 Å². The van der Waals surface area contributed by atoms with Gasteiger partial charge in [-0.1, -0.05) is 18.2 Å². The van der Waals surface area contributed by atoms with E-state index >= 15 is 0 Å². The number of carbonyl (C=O) groups excluding carboxylic acids is 1. The molecular formula is C17H17NO4S. The molecule has 1 amide bonds. The highest BCUT2D eigenvalue weighted by molar-refractivity contribution is 7.87. The van der Waals surface area contributed by atoms with Gasteiger partial charge in [-0.2, -0.15) is 8.42 Å². The van der Waals surface area contributed by atoms with Gasteiger partial charge in [0.15, 0.2) is 0 Å². The molecule has 0 aliphatic carbocycles. The quantitative estimate of drug-likeness (QED) is 0.878. The molecule has 1 aliphatic heterocycles. The Morgan fingerprint density at radius 2 is 1.74 bits per heavy atom. The maximum absolute atomic E-state index is 12.5. The van der Waals surface area contributed by atoms with Crippen LogP contribution in [0.1, 0.15) is 23.1 Å². The van der Waals surface area contributed by atoms with Gasteiger partial charge in [-0.15, -0.1) is 0 Å². The molecule has 0 atom stereocenters. The highest BCUT2D eigenvalue weighted by Crippen LogP contribution is 2.29. The second kappa shape index (κ2) is 5.70. The van der Waals surface area contributed by atoms with Crippen LogP contribution in [0.4, 0.5) is 5.69 Å². The molecule has 0 fully saturated rings. The molecule has 6 heteroatoms. The first kappa shape index (κ1) is 15.6. The van der Waals surface area contributed by atoms with Crippen molar-refractivity contribution >= 4 is 21.7 Å². The predicted octanol–water partition coefficient (Wildman–Crippen LogP) is 2.96. The van der Waals surface area contributed by atoms with Gasteiger partial charge in [0.1, 0.15) is 10.6 Å². The Morgan fingerprint density at radius 3 is 2.43 bits per heavy atom. The number of nitrogens with one attached hydrogen (secondary N) is 1. The van der Waals surface area contributed by atoms with Crippen molar-refractivity contribution in [3.05, 3.63) is 53.1 Å². The second-order valence-corrected chi connectivity index (χ2v) is 7.17. The van der Waals surface area contributed by atoms with Gasteiger partial charge in [0, 0.05) is 12.1 Å². The molecule has 1 N–H and O–H groups in total. The maximum Gasteiger partial charge on any atom is 0.339 e. The number of benzene rings is 2. The molecule has 0 spiro atoms. The van der Waals surface area contributed by atoms with Crippen molar-refractivity contribution in [2.45, 2.75) is 31.6 Å². The highest BCUT2D eigenvalue weighted by Gasteiger charge is 2.22. The van der Waals surface area contributed by atoms with Gasteiger partial charge >= 0.3 is 10.1 Å². The number of rotatable bonds is 3. The van der Waals surface area contributed by atoms with E-state index in [1.165, 1.54) is 6.07 Å². The fourth-order valence-electron chi connectivity index (χ4n) is 2.60. The summed E-state index contributed by atoms with van der Waals surface area (Å²) in [6, 6.07) is 10.1. The Labute approximate surface area is 135 Å². The van der Waals surface area contributed by atoms with Gasteiger partial charge in [-0.3, -0.25) is 4.79 Å². The standard InChI is InChI=1S/C17H17NO4S/c1-11-4-3-5-12(2)17(11)22-23(20,21)14-7-8-15-13(10-14)6-9-16(19)18-15/h3-5,7-8,10H,6,9H2,1-2H3,(H,18,19). The number of aryl methyl sites for hydroxylation is 3. The molecule has 1 heterocycles. The molecule has 2 aromatic carbocycles. The average molecular weight is 331 g/mol. The monoisotopic (exact) mass is 331 g/mol. The van der Waals surface area contributed by atoms with Gasteiger partial charge in [-0.25, -0.2) is 0 Å².